The van der Waals surface area contributed by atoms with Gasteiger partial charge in [-0.3, -0.25) is 4.79 Å². The van der Waals surface area contributed by atoms with E-state index in [9.17, 15) is 9.18 Å². The lowest BCUT2D eigenvalue weighted by Gasteiger charge is -2.18. The van der Waals surface area contributed by atoms with Crippen molar-refractivity contribution in [2.24, 2.45) is 0 Å². The number of halogens is 1. The van der Waals surface area contributed by atoms with Crippen LogP contribution in [0.15, 0.2) is 42.5 Å². The molecule has 126 valence electrons. The van der Waals surface area contributed by atoms with Crippen molar-refractivity contribution in [2.75, 3.05) is 19.8 Å². The number of amides is 1. The first-order valence-electron chi connectivity index (χ1n) is 8.10. The molecular formula is C19H20FNO3. The fraction of sp³-hybridized carbons (Fsp3) is 0.316. The van der Waals surface area contributed by atoms with Gasteiger partial charge in [0.1, 0.15) is 19.0 Å². The van der Waals surface area contributed by atoms with Crippen LogP contribution < -0.4 is 14.8 Å². The summed E-state index contributed by atoms with van der Waals surface area (Å²) in [6.45, 7) is 1.70. The number of hydrogen-bond acceptors (Lipinski definition) is 3. The second-order valence-electron chi connectivity index (χ2n) is 5.71. The number of ether oxygens (including phenoxy) is 2. The molecule has 1 aliphatic rings. The van der Waals surface area contributed by atoms with E-state index in [1.165, 1.54) is 12.1 Å². The van der Waals surface area contributed by atoms with Crippen molar-refractivity contribution in [3.8, 4) is 11.5 Å². The van der Waals surface area contributed by atoms with Crippen LogP contribution in [-0.4, -0.2) is 25.7 Å². The third-order valence-electron chi connectivity index (χ3n) is 3.87. The van der Waals surface area contributed by atoms with Crippen LogP contribution in [0.2, 0.25) is 0 Å². The SMILES string of the molecule is O=C(CCc1cccc(F)c1)NCCc1ccc2c(c1)OCCO2. The van der Waals surface area contributed by atoms with Crippen molar-refractivity contribution in [3.63, 3.8) is 0 Å². The number of rotatable bonds is 6. The molecule has 0 radical (unpaired) electrons. The summed E-state index contributed by atoms with van der Waals surface area (Å²) in [5.74, 6) is 1.23. The minimum atomic E-state index is -0.272. The molecular weight excluding hydrogens is 309 g/mol. The molecule has 4 nitrogen and oxygen atoms in total. The highest BCUT2D eigenvalue weighted by atomic mass is 19.1. The van der Waals surface area contributed by atoms with E-state index in [1.807, 2.05) is 24.3 Å². The fourth-order valence-corrected chi connectivity index (χ4v) is 2.63. The van der Waals surface area contributed by atoms with Crippen molar-refractivity contribution in [2.45, 2.75) is 19.3 Å². The maximum Gasteiger partial charge on any atom is 0.220 e. The minimum Gasteiger partial charge on any atom is -0.486 e. The molecule has 5 heteroatoms. The molecule has 1 aliphatic heterocycles. The van der Waals surface area contributed by atoms with E-state index in [4.69, 9.17) is 9.47 Å². The number of hydrogen-bond donors (Lipinski definition) is 1. The lowest BCUT2D eigenvalue weighted by molar-refractivity contribution is -0.121. The molecule has 1 amide bonds. The van der Waals surface area contributed by atoms with Crippen LogP contribution in [0.3, 0.4) is 0 Å². The second-order valence-corrected chi connectivity index (χ2v) is 5.71. The normalized spacial score (nSPS) is 12.7. The summed E-state index contributed by atoms with van der Waals surface area (Å²) >= 11 is 0. The zero-order valence-corrected chi connectivity index (χ0v) is 13.4. The smallest absolute Gasteiger partial charge is 0.220 e. The van der Waals surface area contributed by atoms with Gasteiger partial charge in [-0.2, -0.15) is 0 Å². The van der Waals surface area contributed by atoms with Crippen LogP contribution >= 0.6 is 0 Å². The van der Waals surface area contributed by atoms with Gasteiger partial charge >= 0.3 is 0 Å². The first kappa shape index (κ1) is 16.3. The lowest BCUT2D eigenvalue weighted by Crippen LogP contribution is -2.26. The van der Waals surface area contributed by atoms with Crippen LogP contribution in [0.25, 0.3) is 0 Å². The zero-order valence-electron chi connectivity index (χ0n) is 13.4. The summed E-state index contributed by atoms with van der Waals surface area (Å²) in [5.41, 5.74) is 1.92. The largest absolute Gasteiger partial charge is 0.486 e. The first-order valence-corrected chi connectivity index (χ1v) is 8.10. The molecule has 0 saturated heterocycles. The zero-order chi connectivity index (χ0) is 16.8. The maximum absolute atomic E-state index is 13.1. The molecule has 0 spiro atoms. The Morgan fingerprint density at radius 1 is 1.00 bits per heavy atom. The Balaban J connectivity index is 1.42. The van der Waals surface area contributed by atoms with Crippen molar-refractivity contribution < 1.29 is 18.7 Å². The van der Waals surface area contributed by atoms with Crippen LogP contribution in [0.4, 0.5) is 4.39 Å². The quantitative estimate of drug-likeness (QED) is 0.886. The van der Waals surface area contributed by atoms with Gasteiger partial charge in [0, 0.05) is 13.0 Å². The van der Waals surface area contributed by atoms with Gasteiger partial charge in [0.2, 0.25) is 5.91 Å². The van der Waals surface area contributed by atoms with Crippen molar-refractivity contribution in [1.82, 2.24) is 5.32 Å². The number of benzene rings is 2. The molecule has 2 aromatic carbocycles. The van der Waals surface area contributed by atoms with Gasteiger partial charge in [-0.05, 0) is 48.2 Å². The lowest BCUT2D eigenvalue weighted by atomic mass is 10.1. The van der Waals surface area contributed by atoms with Gasteiger partial charge in [0.15, 0.2) is 11.5 Å². The number of fused-ring (bicyclic) bond motifs is 1. The summed E-state index contributed by atoms with van der Waals surface area (Å²) in [6, 6.07) is 12.2. The third-order valence-corrected chi connectivity index (χ3v) is 3.87. The second kappa shape index (κ2) is 7.81. The highest BCUT2D eigenvalue weighted by Gasteiger charge is 2.11. The molecule has 0 saturated carbocycles. The van der Waals surface area contributed by atoms with Gasteiger partial charge in [-0.15, -0.1) is 0 Å². The van der Waals surface area contributed by atoms with Crippen LogP contribution in [0.5, 0.6) is 11.5 Å². The van der Waals surface area contributed by atoms with Crippen LogP contribution in [-0.2, 0) is 17.6 Å². The van der Waals surface area contributed by atoms with Gasteiger partial charge in [-0.25, -0.2) is 4.39 Å². The summed E-state index contributed by atoms with van der Waals surface area (Å²) in [7, 11) is 0. The summed E-state index contributed by atoms with van der Waals surface area (Å²) < 4.78 is 24.1. The topological polar surface area (TPSA) is 47.6 Å². The molecule has 1 N–H and O–H groups in total. The Morgan fingerprint density at radius 3 is 2.62 bits per heavy atom. The van der Waals surface area contributed by atoms with E-state index in [0.717, 1.165) is 29.0 Å². The molecule has 0 atom stereocenters. The minimum absolute atomic E-state index is 0.0307. The van der Waals surface area contributed by atoms with E-state index in [1.54, 1.807) is 6.07 Å². The summed E-state index contributed by atoms with van der Waals surface area (Å²) in [6.07, 6.45) is 1.61. The molecule has 1 heterocycles. The van der Waals surface area contributed by atoms with E-state index in [0.29, 0.717) is 32.6 Å². The maximum atomic E-state index is 13.1. The average molecular weight is 329 g/mol. The van der Waals surface area contributed by atoms with E-state index in [2.05, 4.69) is 5.32 Å². The highest BCUT2D eigenvalue weighted by molar-refractivity contribution is 5.76. The van der Waals surface area contributed by atoms with Gasteiger partial charge in [0.05, 0.1) is 0 Å². The van der Waals surface area contributed by atoms with Crippen molar-refractivity contribution in [1.29, 1.82) is 0 Å². The molecule has 0 aliphatic carbocycles. The standard InChI is InChI=1S/C19H20FNO3/c20-16-3-1-2-14(12-16)5-7-19(22)21-9-8-15-4-6-17-18(13-15)24-11-10-23-17/h1-4,6,12-13H,5,7-11H2,(H,21,22). The Kier molecular flexibility index (Phi) is 5.31. The molecule has 2 aromatic rings. The Bertz CT molecular complexity index is 718. The van der Waals surface area contributed by atoms with Crippen LogP contribution in [0, 0.1) is 5.82 Å². The van der Waals surface area contributed by atoms with E-state index >= 15 is 0 Å². The first-order chi connectivity index (χ1) is 11.7. The molecule has 3 rings (SSSR count). The Labute approximate surface area is 140 Å². The van der Waals surface area contributed by atoms with Crippen molar-refractivity contribution >= 4 is 5.91 Å². The van der Waals surface area contributed by atoms with Gasteiger partial charge < -0.3 is 14.8 Å². The van der Waals surface area contributed by atoms with E-state index in [-0.39, 0.29) is 11.7 Å². The highest BCUT2D eigenvalue weighted by Crippen LogP contribution is 2.30. The fourth-order valence-electron chi connectivity index (χ4n) is 2.63. The number of carbonyl (C=O) groups excluding carboxylic acids is 1. The van der Waals surface area contributed by atoms with Crippen LogP contribution in [0.1, 0.15) is 17.5 Å². The number of aryl methyl sites for hydroxylation is 1. The molecule has 0 fully saturated rings. The average Bonchev–Trinajstić information content (AvgIpc) is 2.60. The predicted molar refractivity (Wildman–Crippen MR) is 88.9 cm³/mol. The molecule has 0 unspecified atom stereocenters. The van der Waals surface area contributed by atoms with Gasteiger partial charge in [-0.1, -0.05) is 18.2 Å². The summed E-state index contributed by atoms with van der Waals surface area (Å²) in [5, 5.41) is 2.89. The summed E-state index contributed by atoms with van der Waals surface area (Å²) in [4.78, 5) is 11.9. The Hall–Kier alpha value is -2.56. The third kappa shape index (κ3) is 4.47. The molecule has 0 aromatic heterocycles. The number of nitrogens with one attached hydrogen (secondary N) is 1. The predicted octanol–water partition coefficient (Wildman–Crippen LogP) is 2.89. The Morgan fingerprint density at radius 2 is 1.79 bits per heavy atom. The van der Waals surface area contributed by atoms with E-state index < -0.39 is 0 Å². The monoisotopic (exact) mass is 329 g/mol. The van der Waals surface area contributed by atoms with Crippen molar-refractivity contribution in [3.05, 3.63) is 59.4 Å². The van der Waals surface area contributed by atoms with Gasteiger partial charge in [0.25, 0.3) is 0 Å². The molecule has 0 bridgehead atoms. The molecule has 24 heavy (non-hydrogen) atoms. The number of carbonyl (C=O) groups is 1.